The Labute approximate surface area is 159 Å². The number of nitrogens with zero attached hydrogens (tertiary/aromatic N) is 1. The largest absolute Gasteiger partial charge is 0.484 e. The van der Waals surface area contributed by atoms with Crippen molar-refractivity contribution >= 4 is 33.8 Å². The van der Waals surface area contributed by atoms with Crippen LogP contribution in [-0.4, -0.2) is 23.3 Å². The number of fused-ring (bicyclic) bond motifs is 1. The molecular weight excluding hydrogens is 370 g/mol. The third-order valence-electron chi connectivity index (χ3n) is 4.41. The van der Waals surface area contributed by atoms with Gasteiger partial charge in [0.2, 0.25) is 0 Å². The van der Waals surface area contributed by atoms with Gasteiger partial charge in [-0.15, -0.1) is 11.3 Å². The van der Waals surface area contributed by atoms with E-state index in [0.717, 1.165) is 36.1 Å². The van der Waals surface area contributed by atoms with E-state index in [4.69, 9.17) is 10.5 Å². The zero-order valence-electron chi connectivity index (χ0n) is 14.7. The van der Waals surface area contributed by atoms with Gasteiger partial charge in [0.15, 0.2) is 6.61 Å². The van der Waals surface area contributed by atoms with Crippen molar-refractivity contribution in [1.29, 1.82) is 0 Å². The predicted molar refractivity (Wildman–Crippen MR) is 101 cm³/mol. The number of benzene rings is 1. The van der Waals surface area contributed by atoms with Crippen molar-refractivity contribution < 1.29 is 19.2 Å². The summed E-state index contributed by atoms with van der Waals surface area (Å²) in [5.41, 5.74) is 7.28. The fraction of sp³-hybridized carbons (Fsp3) is 0.333. The third kappa shape index (κ3) is 4.08. The second kappa shape index (κ2) is 7.75. The Morgan fingerprint density at radius 1 is 1.33 bits per heavy atom. The van der Waals surface area contributed by atoms with Gasteiger partial charge in [0.1, 0.15) is 10.8 Å². The molecule has 3 N–H and O–H groups in total. The quantitative estimate of drug-likeness (QED) is 0.580. The number of amides is 2. The molecule has 1 aliphatic rings. The minimum atomic E-state index is -0.545. The highest BCUT2D eigenvalue weighted by Gasteiger charge is 2.25. The molecule has 0 unspecified atom stereocenters. The summed E-state index contributed by atoms with van der Waals surface area (Å²) in [5.74, 6) is -0.613. The van der Waals surface area contributed by atoms with Gasteiger partial charge in [-0.3, -0.25) is 19.7 Å². The van der Waals surface area contributed by atoms with Gasteiger partial charge < -0.3 is 15.8 Å². The van der Waals surface area contributed by atoms with Crippen molar-refractivity contribution in [3.63, 3.8) is 0 Å². The lowest BCUT2D eigenvalue weighted by Gasteiger charge is -2.11. The fourth-order valence-corrected chi connectivity index (χ4v) is 4.46. The van der Waals surface area contributed by atoms with Crippen molar-refractivity contribution in [2.24, 2.45) is 5.73 Å². The molecule has 0 spiro atoms. The molecule has 0 bridgehead atoms. The van der Waals surface area contributed by atoms with Crippen LogP contribution in [0.15, 0.2) is 18.2 Å². The molecule has 142 valence electrons. The maximum absolute atomic E-state index is 12.2. The number of nitrogens with two attached hydrogens (primary N) is 1. The molecule has 9 heteroatoms. The molecule has 1 aliphatic carbocycles. The summed E-state index contributed by atoms with van der Waals surface area (Å²) in [6.07, 6.45) is 3.73. The Kier molecular flexibility index (Phi) is 5.41. The monoisotopic (exact) mass is 389 g/mol. The molecule has 3 rings (SSSR count). The molecule has 0 fully saturated rings. The number of nitro groups is 1. The van der Waals surface area contributed by atoms with Crippen LogP contribution in [0.2, 0.25) is 0 Å². The van der Waals surface area contributed by atoms with E-state index < -0.39 is 16.7 Å². The summed E-state index contributed by atoms with van der Waals surface area (Å²) < 4.78 is 5.41. The van der Waals surface area contributed by atoms with Crippen molar-refractivity contribution in [3.8, 4) is 5.75 Å². The highest BCUT2D eigenvalue weighted by Crippen LogP contribution is 2.37. The van der Waals surface area contributed by atoms with E-state index in [1.54, 1.807) is 6.92 Å². The van der Waals surface area contributed by atoms with Crippen LogP contribution < -0.4 is 15.8 Å². The number of primary amides is 1. The number of rotatable bonds is 6. The van der Waals surface area contributed by atoms with E-state index in [-0.39, 0.29) is 12.3 Å². The van der Waals surface area contributed by atoms with Gasteiger partial charge in [0.05, 0.1) is 10.5 Å². The van der Waals surface area contributed by atoms with Gasteiger partial charge in [0, 0.05) is 16.5 Å². The number of thiophene rings is 1. The first-order valence-electron chi connectivity index (χ1n) is 8.49. The molecule has 2 amide bonds. The first kappa shape index (κ1) is 18.8. The summed E-state index contributed by atoms with van der Waals surface area (Å²) in [7, 11) is 0. The summed E-state index contributed by atoms with van der Waals surface area (Å²) in [6.45, 7) is 1.32. The Morgan fingerprint density at radius 3 is 2.74 bits per heavy atom. The van der Waals surface area contributed by atoms with Crippen LogP contribution in [0.1, 0.15) is 39.2 Å². The molecule has 1 aromatic heterocycles. The molecule has 27 heavy (non-hydrogen) atoms. The Hall–Kier alpha value is -2.94. The van der Waals surface area contributed by atoms with Crippen molar-refractivity contribution in [2.45, 2.75) is 32.6 Å². The van der Waals surface area contributed by atoms with E-state index in [1.807, 2.05) is 0 Å². The normalized spacial score (nSPS) is 12.9. The van der Waals surface area contributed by atoms with Crippen LogP contribution in [0.3, 0.4) is 0 Å². The van der Waals surface area contributed by atoms with Crippen LogP contribution >= 0.6 is 11.3 Å². The zero-order valence-corrected chi connectivity index (χ0v) is 15.6. The van der Waals surface area contributed by atoms with E-state index in [1.165, 1.54) is 29.5 Å². The fourth-order valence-electron chi connectivity index (χ4n) is 3.15. The summed E-state index contributed by atoms with van der Waals surface area (Å²) >= 11 is 1.38. The van der Waals surface area contributed by atoms with Crippen LogP contribution in [0.25, 0.3) is 0 Å². The molecule has 0 saturated carbocycles. The van der Waals surface area contributed by atoms with Gasteiger partial charge in [-0.2, -0.15) is 0 Å². The molecule has 1 aromatic carbocycles. The van der Waals surface area contributed by atoms with Crippen molar-refractivity contribution in [1.82, 2.24) is 0 Å². The summed E-state index contributed by atoms with van der Waals surface area (Å²) in [4.78, 5) is 35.5. The number of carbonyl (C=O) groups excluding carboxylic acids is 2. The minimum Gasteiger partial charge on any atom is -0.484 e. The average Bonchev–Trinajstić information content (AvgIpc) is 2.97. The zero-order chi connectivity index (χ0) is 19.6. The van der Waals surface area contributed by atoms with Crippen LogP contribution in [-0.2, 0) is 17.6 Å². The molecule has 0 atom stereocenters. The third-order valence-corrected chi connectivity index (χ3v) is 5.61. The topological polar surface area (TPSA) is 125 Å². The molecule has 0 aliphatic heterocycles. The smallest absolute Gasteiger partial charge is 0.272 e. The van der Waals surface area contributed by atoms with Crippen molar-refractivity contribution in [3.05, 3.63) is 49.9 Å². The van der Waals surface area contributed by atoms with Crippen LogP contribution in [0.4, 0.5) is 10.7 Å². The standard InChI is InChI=1S/C18H19N3O5S/c1-10-8-11(6-7-13(10)21(24)25)26-9-15(22)20-18-16(17(19)23)12-4-2-3-5-14(12)27-18/h6-8H,2-5,9H2,1H3,(H2,19,23)(H,20,22). The van der Waals surface area contributed by atoms with Crippen molar-refractivity contribution in [2.75, 3.05) is 11.9 Å². The molecule has 0 radical (unpaired) electrons. The molecule has 0 saturated heterocycles. The lowest BCUT2D eigenvalue weighted by atomic mass is 9.95. The number of hydrogen-bond acceptors (Lipinski definition) is 6. The number of hydrogen-bond donors (Lipinski definition) is 2. The number of nitro benzene ring substituents is 1. The summed E-state index contributed by atoms with van der Waals surface area (Å²) in [6, 6.07) is 4.28. The van der Waals surface area contributed by atoms with Gasteiger partial charge in [-0.1, -0.05) is 0 Å². The second-order valence-electron chi connectivity index (χ2n) is 6.32. The highest BCUT2D eigenvalue weighted by molar-refractivity contribution is 7.17. The van der Waals surface area contributed by atoms with Crippen LogP contribution in [0, 0.1) is 17.0 Å². The van der Waals surface area contributed by atoms with E-state index in [0.29, 0.717) is 21.9 Å². The Bertz CT molecular complexity index is 922. The van der Waals surface area contributed by atoms with Gasteiger partial charge >= 0.3 is 0 Å². The highest BCUT2D eigenvalue weighted by atomic mass is 32.1. The number of carbonyl (C=O) groups is 2. The maximum atomic E-state index is 12.2. The van der Waals surface area contributed by atoms with E-state index in [2.05, 4.69) is 5.32 Å². The maximum Gasteiger partial charge on any atom is 0.272 e. The van der Waals surface area contributed by atoms with E-state index in [9.17, 15) is 19.7 Å². The lowest BCUT2D eigenvalue weighted by Crippen LogP contribution is -2.22. The first-order valence-corrected chi connectivity index (χ1v) is 9.30. The molecular formula is C18H19N3O5S. The molecule has 2 aromatic rings. The average molecular weight is 389 g/mol. The number of anilines is 1. The molecule has 8 nitrogen and oxygen atoms in total. The first-order chi connectivity index (χ1) is 12.9. The Balaban J connectivity index is 1.68. The SMILES string of the molecule is Cc1cc(OCC(=O)Nc2sc3c(c2C(N)=O)CCCC3)ccc1[N+](=O)[O-]. The predicted octanol–water partition coefficient (Wildman–Crippen LogP) is 2.96. The van der Waals surface area contributed by atoms with Gasteiger partial charge in [-0.05, 0) is 50.3 Å². The molecule has 1 heterocycles. The summed E-state index contributed by atoms with van der Waals surface area (Å²) in [5, 5.41) is 14.0. The number of nitrogens with one attached hydrogen (secondary N) is 1. The second-order valence-corrected chi connectivity index (χ2v) is 7.43. The Morgan fingerprint density at radius 2 is 2.07 bits per heavy atom. The van der Waals surface area contributed by atoms with Gasteiger partial charge in [-0.25, -0.2) is 0 Å². The minimum absolute atomic E-state index is 0.0120. The van der Waals surface area contributed by atoms with Crippen LogP contribution in [0.5, 0.6) is 5.75 Å². The van der Waals surface area contributed by atoms with E-state index >= 15 is 0 Å². The lowest BCUT2D eigenvalue weighted by molar-refractivity contribution is -0.385. The number of ether oxygens (including phenoxy) is 1. The number of aryl methyl sites for hydroxylation is 2. The van der Waals surface area contributed by atoms with Gasteiger partial charge in [0.25, 0.3) is 17.5 Å².